The van der Waals surface area contributed by atoms with Crippen LogP contribution in [0.25, 0.3) is 0 Å². The van der Waals surface area contributed by atoms with Crippen LogP contribution in [0.15, 0.2) is 17.1 Å². The monoisotopic (exact) mass is 182 g/mol. The second-order valence-corrected chi connectivity index (χ2v) is 3.77. The minimum Gasteiger partial charge on any atom is -0.319 e. The molecule has 0 radical (unpaired) electrons. The zero-order valence-electron chi connectivity index (χ0n) is 8.27. The van der Waals surface area contributed by atoms with E-state index in [0.717, 1.165) is 13.0 Å². The highest BCUT2D eigenvalue weighted by Gasteiger charge is 2.30. The Bertz CT molecular complexity index is 222. The molecule has 0 fully saturated rings. The molecular formula is C9H18N4. The van der Waals surface area contributed by atoms with Gasteiger partial charge in [-0.2, -0.15) is 0 Å². The summed E-state index contributed by atoms with van der Waals surface area (Å²) in [6.45, 7) is 0.921. The molecule has 1 heterocycles. The number of dihydropyridines is 1. The van der Waals surface area contributed by atoms with Crippen molar-refractivity contribution in [2.45, 2.75) is 18.1 Å². The summed E-state index contributed by atoms with van der Waals surface area (Å²) in [7, 11) is 4.04. The minimum atomic E-state index is -0.473. The lowest BCUT2D eigenvalue weighted by Gasteiger charge is -2.32. The van der Waals surface area contributed by atoms with Crippen LogP contribution in [-0.2, 0) is 0 Å². The number of hydrogen-bond acceptors (Lipinski definition) is 4. The van der Waals surface area contributed by atoms with Gasteiger partial charge in [-0.15, -0.1) is 0 Å². The molecule has 74 valence electrons. The first-order valence-electron chi connectivity index (χ1n) is 4.45. The van der Waals surface area contributed by atoms with E-state index in [0.29, 0.717) is 0 Å². The van der Waals surface area contributed by atoms with Gasteiger partial charge in [-0.25, -0.2) is 0 Å². The van der Waals surface area contributed by atoms with E-state index in [1.165, 1.54) is 0 Å². The predicted molar refractivity (Wildman–Crippen MR) is 55.7 cm³/mol. The largest absolute Gasteiger partial charge is 0.319 e. The molecule has 1 aliphatic heterocycles. The van der Waals surface area contributed by atoms with E-state index >= 15 is 0 Å². The van der Waals surface area contributed by atoms with Crippen LogP contribution < -0.4 is 11.5 Å². The molecule has 4 nitrogen and oxygen atoms in total. The third-order valence-electron chi connectivity index (χ3n) is 2.28. The van der Waals surface area contributed by atoms with E-state index in [2.05, 4.69) is 9.89 Å². The van der Waals surface area contributed by atoms with E-state index < -0.39 is 5.54 Å². The molecule has 1 rings (SSSR count). The Labute approximate surface area is 79.3 Å². The highest BCUT2D eigenvalue weighted by Crippen LogP contribution is 2.16. The second-order valence-electron chi connectivity index (χ2n) is 3.77. The predicted octanol–water partition coefficient (Wildman–Crippen LogP) is -0.439. The zero-order valence-corrected chi connectivity index (χ0v) is 8.27. The van der Waals surface area contributed by atoms with Crippen molar-refractivity contribution in [1.29, 1.82) is 0 Å². The van der Waals surface area contributed by atoms with Gasteiger partial charge in [-0.05, 0) is 33.1 Å². The SMILES string of the molecule is CN(C)CCC1(N)C=CC=NC1N. The molecule has 13 heavy (non-hydrogen) atoms. The molecular weight excluding hydrogens is 164 g/mol. The van der Waals surface area contributed by atoms with Gasteiger partial charge in [0.25, 0.3) is 0 Å². The molecule has 0 bridgehead atoms. The lowest BCUT2D eigenvalue weighted by Crippen LogP contribution is -2.55. The summed E-state index contributed by atoms with van der Waals surface area (Å²) in [6.07, 6.45) is 6.02. The van der Waals surface area contributed by atoms with E-state index in [4.69, 9.17) is 11.5 Å². The normalized spacial score (nSPS) is 32.8. The Hall–Kier alpha value is -0.710. The molecule has 0 aliphatic carbocycles. The van der Waals surface area contributed by atoms with Crippen LogP contribution >= 0.6 is 0 Å². The third-order valence-corrected chi connectivity index (χ3v) is 2.28. The summed E-state index contributed by atoms with van der Waals surface area (Å²) in [4.78, 5) is 6.17. The lowest BCUT2D eigenvalue weighted by molar-refractivity contribution is 0.320. The fourth-order valence-corrected chi connectivity index (χ4v) is 1.25. The average Bonchev–Trinajstić information content (AvgIpc) is 2.07. The second kappa shape index (κ2) is 4.00. The Kier molecular flexibility index (Phi) is 3.19. The maximum atomic E-state index is 6.10. The number of nitrogens with two attached hydrogens (primary N) is 2. The van der Waals surface area contributed by atoms with Crippen molar-refractivity contribution >= 4 is 6.21 Å². The Morgan fingerprint density at radius 1 is 1.54 bits per heavy atom. The average molecular weight is 182 g/mol. The molecule has 2 atom stereocenters. The van der Waals surface area contributed by atoms with Crippen molar-refractivity contribution in [2.75, 3.05) is 20.6 Å². The summed E-state index contributed by atoms with van der Waals surface area (Å²) in [6, 6.07) is 0. The first-order valence-corrected chi connectivity index (χ1v) is 4.45. The van der Waals surface area contributed by atoms with Crippen LogP contribution in [0.2, 0.25) is 0 Å². The molecule has 2 unspecified atom stereocenters. The zero-order chi connectivity index (χ0) is 9.90. The Morgan fingerprint density at radius 2 is 2.23 bits per heavy atom. The van der Waals surface area contributed by atoms with Gasteiger partial charge in [0.05, 0.1) is 5.54 Å². The molecule has 4 heteroatoms. The summed E-state index contributed by atoms with van der Waals surface area (Å²) < 4.78 is 0. The van der Waals surface area contributed by atoms with Crippen LogP contribution in [0.3, 0.4) is 0 Å². The molecule has 0 amide bonds. The molecule has 0 aromatic carbocycles. The highest BCUT2D eigenvalue weighted by atomic mass is 15.1. The molecule has 0 saturated carbocycles. The van der Waals surface area contributed by atoms with Gasteiger partial charge < -0.3 is 16.4 Å². The van der Waals surface area contributed by atoms with E-state index in [1.54, 1.807) is 6.21 Å². The fraction of sp³-hybridized carbons (Fsp3) is 0.667. The van der Waals surface area contributed by atoms with Gasteiger partial charge in [0, 0.05) is 6.21 Å². The number of allylic oxidation sites excluding steroid dienone is 1. The molecule has 1 aliphatic rings. The third kappa shape index (κ3) is 2.62. The first kappa shape index (κ1) is 10.4. The van der Waals surface area contributed by atoms with Crippen LogP contribution in [0.5, 0.6) is 0 Å². The Morgan fingerprint density at radius 3 is 2.77 bits per heavy atom. The van der Waals surface area contributed by atoms with Crippen molar-refractivity contribution < 1.29 is 0 Å². The standard InChI is InChI=1S/C9H18N4/c1-13(2)7-5-9(11)4-3-6-12-8(9)10/h3-4,6,8H,5,7,10-11H2,1-2H3. The fourth-order valence-electron chi connectivity index (χ4n) is 1.25. The summed E-state index contributed by atoms with van der Waals surface area (Å²) in [5.74, 6) is 0. The quantitative estimate of drug-likeness (QED) is 0.622. The lowest BCUT2D eigenvalue weighted by atomic mass is 9.91. The van der Waals surface area contributed by atoms with Crippen molar-refractivity contribution in [1.82, 2.24) is 4.90 Å². The number of rotatable bonds is 3. The summed E-state index contributed by atoms with van der Waals surface area (Å²) in [5, 5.41) is 0. The molecule has 4 N–H and O–H groups in total. The van der Waals surface area contributed by atoms with Crippen molar-refractivity contribution in [3.8, 4) is 0 Å². The van der Waals surface area contributed by atoms with Crippen LogP contribution in [0.4, 0.5) is 0 Å². The van der Waals surface area contributed by atoms with Gasteiger partial charge in [0.15, 0.2) is 0 Å². The van der Waals surface area contributed by atoms with E-state index in [9.17, 15) is 0 Å². The summed E-state index contributed by atoms with van der Waals surface area (Å²) >= 11 is 0. The van der Waals surface area contributed by atoms with Crippen LogP contribution in [0.1, 0.15) is 6.42 Å². The number of hydrogen-bond donors (Lipinski definition) is 2. The molecule has 0 spiro atoms. The maximum absolute atomic E-state index is 6.10. The van der Waals surface area contributed by atoms with Gasteiger partial charge in [0.2, 0.25) is 0 Å². The van der Waals surface area contributed by atoms with Crippen molar-refractivity contribution in [3.05, 3.63) is 12.2 Å². The first-order chi connectivity index (χ1) is 6.04. The summed E-state index contributed by atoms with van der Waals surface area (Å²) in [5.41, 5.74) is 11.4. The van der Waals surface area contributed by atoms with Crippen molar-refractivity contribution in [2.24, 2.45) is 16.5 Å². The molecule has 0 aromatic heterocycles. The van der Waals surface area contributed by atoms with Gasteiger partial charge >= 0.3 is 0 Å². The smallest absolute Gasteiger partial charge is 0.119 e. The maximum Gasteiger partial charge on any atom is 0.119 e. The van der Waals surface area contributed by atoms with Gasteiger partial charge in [-0.3, -0.25) is 4.99 Å². The topological polar surface area (TPSA) is 67.6 Å². The van der Waals surface area contributed by atoms with Crippen molar-refractivity contribution in [3.63, 3.8) is 0 Å². The minimum absolute atomic E-state index is 0.308. The molecule has 0 saturated heterocycles. The number of aliphatic imine (C=N–C) groups is 1. The van der Waals surface area contributed by atoms with Crippen LogP contribution in [-0.4, -0.2) is 43.5 Å². The van der Waals surface area contributed by atoms with Crippen LogP contribution in [0, 0.1) is 0 Å². The van der Waals surface area contributed by atoms with Gasteiger partial charge in [0.1, 0.15) is 6.17 Å². The number of nitrogens with zero attached hydrogens (tertiary/aromatic N) is 2. The molecule has 0 aromatic rings. The van der Waals surface area contributed by atoms with E-state index in [-0.39, 0.29) is 6.17 Å². The van der Waals surface area contributed by atoms with Gasteiger partial charge in [-0.1, -0.05) is 6.08 Å². The van der Waals surface area contributed by atoms with E-state index in [1.807, 2.05) is 26.2 Å². The Balaban J connectivity index is 2.54. The highest BCUT2D eigenvalue weighted by molar-refractivity contribution is 5.73.